The summed E-state index contributed by atoms with van der Waals surface area (Å²) in [5.74, 6) is -0.587. The topological polar surface area (TPSA) is 87.3 Å². The maximum Gasteiger partial charge on any atom is 0.410 e. The molecule has 0 fully saturated rings. The molecule has 1 aromatic heterocycles. The molecular weight excluding hydrogens is 363 g/mol. The highest BCUT2D eigenvalue weighted by Crippen LogP contribution is 2.22. The number of H-pyrrole nitrogens is 1. The fourth-order valence-electron chi connectivity index (χ4n) is 3.02. The van der Waals surface area contributed by atoms with Gasteiger partial charge in [-0.3, -0.25) is 9.89 Å². The second kappa shape index (κ2) is 8.00. The number of fused-ring (bicyclic) bond motifs is 1. The van der Waals surface area contributed by atoms with Gasteiger partial charge in [0.2, 0.25) is 0 Å². The fraction of sp³-hybridized carbons (Fsp3) is 0.450. The Balaban J connectivity index is 1.60. The Morgan fingerprint density at radius 2 is 2.00 bits per heavy atom. The zero-order chi connectivity index (χ0) is 20.3. The first-order chi connectivity index (χ1) is 13.2. The van der Waals surface area contributed by atoms with E-state index in [1.54, 1.807) is 17.0 Å². The van der Waals surface area contributed by atoms with Crippen molar-refractivity contribution in [3.8, 4) is 0 Å². The van der Waals surface area contributed by atoms with E-state index in [0.29, 0.717) is 31.6 Å². The smallest absolute Gasteiger partial charge is 0.410 e. The first kappa shape index (κ1) is 19.9. The molecule has 150 valence electrons. The number of hydrogen-bond donors (Lipinski definition) is 2. The molecule has 2 N–H and O–H groups in total. The van der Waals surface area contributed by atoms with Crippen LogP contribution in [0, 0.1) is 5.82 Å². The quantitative estimate of drug-likeness (QED) is 0.843. The van der Waals surface area contributed by atoms with Crippen molar-refractivity contribution in [1.29, 1.82) is 0 Å². The van der Waals surface area contributed by atoms with E-state index >= 15 is 0 Å². The van der Waals surface area contributed by atoms with Crippen molar-refractivity contribution in [2.75, 3.05) is 13.1 Å². The number of benzene rings is 1. The lowest BCUT2D eigenvalue weighted by Crippen LogP contribution is -2.40. The molecule has 2 heterocycles. The third-order valence-corrected chi connectivity index (χ3v) is 4.41. The molecule has 0 aliphatic carbocycles. The molecule has 0 radical (unpaired) electrons. The highest BCUT2D eigenvalue weighted by atomic mass is 19.1. The summed E-state index contributed by atoms with van der Waals surface area (Å²) in [4.78, 5) is 26.4. The summed E-state index contributed by atoms with van der Waals surface area (Å²) in [7, 11) is 0. The van der Waals surface area contributed by atoms with Gasteiger partial charge < -0.3 is 15.0 Å². The van der Waals surface area contributed by atoms with Crippen molar-refractivity contribution >= 4 is 12.0 Å². The van der Waals surface area contributed by atoms with Crippen molar-refractivity contribution in [3.63, 3.8) is 0 Å². The van der Waals surface area contributed by atoms with E-state index in [0.717, 1.165) is 16.8 Å². The van der Waals surface area contributed by atoms with Crippen molar-refractivity contribution in [2.24, 2.45) is 0 Å². The Bertz CT molecular complexity index is 855. The van der Waals surface area contributed by atoms with E-state index in [4.69, 9.17) is 4.74 Å². The Morgan fingerprint density at radius 3 is 2.68 bits per heavy atom. The van der Waals surface area contributed by atoms with E-state index in [1.165, 1.54) is 12.1 Å². The summed E-state index contributed by atoms with van der Waals surface area (Å²) in [6.45, 7) is 6.65. The third-order valence-electron chi connectivity index (χ3n) is 4.41. The largest absolute Gasteiger partial charge is 0.444 e. The molecule has 2 amide bonds. The van der Waals surface area contributed by atoms with Crippen molar-refractivity contribution in [2.45, 2.75) is 45.8 Å². The maximum absolute atomic E-state index is 12.9. The Morgan fingerprint density at radius 1 is 1.29 bits per heavy atom. The van der Waals surface area contributed by atoms with Crippen LogP contribution in [0.3, 0.4) is 0 Å². The zero-order valence-electron chi connectivity index (χ0n) is 16.3. The Hall–Kier alpha value is -2.90. The van der Waals surface area contributed by atoms with E-state index in [-0.39, 0.29) is 18.3 Å². The molecule has 0 spiro atoms. The van der Waals surface area contributed by atoms with Gasteiger partial charge in [-0.15, -0.1) is 0 Å². The van der Waals surface area contributed by atoms with Crippen LogP contribution in [0.15, 0.2) is 24.3 Å². The standard InChI is InChI=1S/C20H25FN4O3/c1-20(2,3)28-19(27)25-11-9-16-15(12-25)17(24-23-16)18(26)22-10-8-13-4-6-14(21)7-5-13/h4-7H,8-12H2,1-3H3,(H,22,26)(H,23,24). The minimum Gasteiger partial charge on any atom is -0.444 e. The Kier molecular flexibility index (Phi) is 5.67. The van der Waals surface area contributed by atoms with E-state index in [2.05, 4.69) is 15.5 Å². The molecule has 1 aromatic carbocycles. The van der Waals surface area contributed by atoms with Gasteiger partial charge in [0.1, 0.15) is 11.4 Å². The predicted octanol–water partition coefficient (Wildman–Crippen LogP) is 2.81. The minimum atomic E-state index is -0.575. The monoisotopic (exact) mass is 388 g/mol. The van der Waals surface area contributed by atoms with Crippen LogP contribution in [0.2, 0.25) is 0 Å². The van der Waals surface area contributed by atoms with Gasteiger partial charge in [-0.2, -0.15) is 5.10 Å². The zero-order valence-corrected chi connectivity index (χ0v) is 16.3. The molecule has 0 atom stereocenters. The van der Waals surface area contributed by atoms with Gasteiger partial charge >= 0.3 is 6.09 Å². The number of amides is 2. The van der Waals surface area contributed by atoms with Crippen LogP contribution in [0.1, 0.15) is 48.1 Å². The average Bonchev–Trinajstić information content (AvgIpc) is 3.05. The Labute approximate surface area is 163 Å². The first-order valence-electron chi connectivity index (χ1n) is 9.29. The number of nitrogens with zero attached hydrogens (tertiary/aromatic N) is 2. The molecule has 0 saturated carbocycles. The molecule has 1 aliphatic rings. The van der Waals surface area contributed by atoms with Gasteiger partial charge in [0.15, 0.2) is 5.69 Å². The fourth-order valence-corrected chi connectivity index (χ4v) is 3.02. The van der Waals surface area contributed by atoms with Gasteiger partial charge in [-0.25, -0.2) is 9.18 Å². The second-order valence-corrected chi connectivity index (χ2v) is 7.81. The number of nitrogens with one attached hydrogen (secondary N) is 2. The molecule has 1 aliphatic heterocycles. The van der Waals surface area contributed by atoms with Crippen LogP contribution in [0.5, 0.6) is 0 Å². The predicted molar refractivity (Wildman–Crippen MR) is 101 cm³/mol. The van der Waals surface area contributed by atoms with Crippen LogP contribution in [-0.2, 0) is 24.1 Å². The van der Waals surface area contributed by atoms with Crippen LogP contribution in [-0.4, -0.2) is 45.8 Å². The van der Waals surface area contributed by atoms with Gasteiger partial charge in [0, 0.05) is 30.8 Å². The number of aromatic amines is 1. The number of aromatic nitrogens is 2. The van der Waals surface area contributed by atoms with E-state index in [1.807, 2.05) is 20.8 Å². The number of halogens is 1. The molecule has 0 bridgehead atoms. The summed E-state index contributed by atoms with van der Waals surface area (Å²) < 4.78 is 18.4. The normalized spacial score (nSPS) is 13.8. The van der Waals surface area contributed by atoms with Crippen LogP contribution in [0.4, 0.5) is 9.18 Å². The highest BCUT2D eigenvalue weighted by Gasteiger charge is 2.30. The van der Waals surface area contributed by atoms with Crippen LogP contribution in [0.25, 0.3) is 0 Å². The maximum atomic E-state index is 12.9. The van der Waals surface area contributed by atoms with Crippen molar-refractivity contribution in [1.82, 2.24) is 20.4 Å². The van der Waals surface area contributed by atoms with Gasteiger partial charge in [-0.1, -0.05) is 12.1 Å². The molecule has 0 unspecified atom stereocenters. The van der Waals surface area contributed by atoms with Crippen LogP contribution >= 0.6 is 0 Å². The molecule has 0 saturated heterocycles. The summed E-state index contributed by atoms with van der Waals surface area (Å²) in [6, 6.07) is 6.17. The third kappa shape index (κ3) is 4.88. The van der Waals surface area contributed by atoms with Crippen molar-refractivity contribution < 1.29 is 18.7 Å². The number of carbonyl (C=O) groups excluding carboxylic acids is 2. The number of carbonyl (C=O) groups is 2. The number of rotatable bonds is 4. The molecule has 7 nitrogen and oxygen atoms in total. The summed E-state index contributed by atoms with van der Waals surface area (Å²) in [6.07, 6.45) is 0.773. The van der Waals surface area contributed by atoms with Gasteiger partial charge in [-0.05, 0) is 44.9 Å². The second-order valence-electron chi connectivity index (χ2n) is 7.81. The highest BCUT2D eigenvalue weighted by molar-refractivity contribution is 5.94. The lowest BCUT2D eigenvalue weighted by Gasteiger charge is -2.30. The SMILES string of the molecule is CC(C)(C)OC(=O)N1CCc2[nH]nc(C(=O)NCCc3ccc(F)cc3)c2C1. The average molecular weight is 388 g/mol. The molecule has 28 heavy (non-hydrogen) atoms. The molecule has 3 rings (SSSR count). The summed E-state index contributed by atoms with van der Waals surface area (Å²) in [5, 5.41) is 9.87. The van der Waals surface area contributed by atoms with Crippen molar-refractivity contribution in [3.05, 3.63) is 52.6 Å². The molecular formula is C20H25FN4O3. The molecule has 8 heteroatoms. The van der Waals surface area contributed by atoms with E-state index < -0.39 is 11.7 Å². The molecule has 2 aromatic rings. The van der Waals surface area contributed by atoms with Gasteiger partial charge in [0.25, 0.3) is 5.91 Å². The lowest BCUT2D eigenvalue weighted by molar-refractivity contribution is 0.0222. The minimum absolute atomic E-state index is 0.279. The van der Waals surface area contributed by atoms with E-state index in [9.17, 15) is 14.0 Å². The first-order valence-corrected chi connectivity index (χ1v) is 9.29. The van der Waals surface area contributed by atoms with Crippen LogP contribution < -0.4 is 5.32 Å². The van der Waals surface area contributed by atoms with Gasteiger partial charge in [0.05, 0.1) is 6.54 Å². The summed E-state index contributed by atoms with van der Waals surface area (Å²) in [5.41, 5.74) is 2.23. The lowest BCUT2D eigenvalue weighted by atomic mass is 10.1. The summed E-state index contributed by atoms with van der Waals surface area (Å²) >= 11 is 0. The number of hydrogen-bond acceptors (Lipinski definition) is 4. The number of ether oxygens (including phenoxy) is 1.